The minimum atomic E-state index is -3.84. The number of benzene rings is 2. The molecule has 2 aromatic carbocycles. The van der Waals surface area contributed by atoms with Crippen LogP contribution in [0.5, 0.6) is 11.5 Å². The van der Waals surface area contributed by atoms with Crippen molar-refractivity contribution in [3.05, 3.63) is 59.4 Å². The third-order valence-electron chi connectivity index (χ3n) is 4.28. The first kappa shape index (κ1) is 22.7. The average Bonchev–Trinajstić information content (AvgIpc) is 3.05. The van der Waals surface area contributed by atoms with Gasteiger partial charge in [-0.25, -0.2) is 13.6 Å². The van der Waals surface area contributed by atoms with Crippen LogP contribution in [0.15, 0.2) is 58.9 Å². The zero-order valence-electron chi connectivity index (χ0n) is 17.2. The van der Waals surface area contributed by atoms with E-state index >= 15 is 0 Å². The summed E-state index contributed by atoms with van der Waals surface area (Å²) < 4.78 is 36.9. The number of primary sulfonamides is 1. The Labute approximate surface area is 184 Å². The van der Waals surface area contributed by atoms with Crippen molar-refractivity contribution in [2.45, 2.75) is 25.3 Å². The minimum Gasteiger partial charge on any atom is -0.490 e. The second-order valence-electron chi connectivity index (χ2n) is 6.40. The first-order valence-corrected chi connectivity index (χ1v) is 11.9. The number of carbonyl (C=O) groups is 1. The molecule has 0 spiro atoms. The summed E-state index contributed by atoms with van der Waals surface area (Å²) in [6.45, 7) is 8.76. The van der Waals surface area contributed by atoms with Crippen molar-refractivity contribution < 1.29 is 22.7 Å². The summed E-state index contributed by atoms with van der Waals surface area (Å²) in [5.41, 5.74) is 1.07. The van der Waals surface area contributed by atoms with Crippen LogP contribution in [0, 0.1) is 0 Å². The van der Waals surface area contributed by atoms with Crippen molar-refractivity contribution in [2.24, 2.45) is 10.1 Å². The maximum Gasteiger partial charge on any atom is 0.279 e. The second kappa shape index (κ2) is 9.46. The summed E-state index contributed by atoms with van der Waals surface area (Å²) in [5, 5.41) is 5.23. The topological polar surface area (TPSA) is 113 Å². The third-order valence-corrected chi connectivity index (χ3v) is 6.23. The summed E-state index contributed by atoms with van der Waals surface area (Å²) in [6, 6.07) is 9.45. The van der Waals surface area contributed by atoms with E-state index in [0.717, 1.165) is 5.52 Å². The molecule has 10 heteroatoms. The molecule has 3 rings (SSSR count). The highest BCUT2D eigenvalue weighted by Crippen LogP contribution is 2.29. The molecule has 0 atom stereocenters. The van der Waals surface area contributed by atoms with Crippen molar-refractivity contribution in [1.29, 1.82) is 0 Å². The van der Waals surface area contributed by atoms with E-state index in [4.69, 9.17) is 14.6 Å². The number of nitrogens with zero attached hydrogens (tertiary/aromatic N) is 2. The molecule has 1 amide bonds. The van der Waals surface area contributed by atoms with E-state index in [0.29, 0.717) is 46.3 Å². The molecule has 0 saturated carbocycles. The fourth-order valence-corrected chi connectivity index (χ4v) is 4.65. The maximum atomic E-state index is 12.9. The van der Waals surface area contributed by atoms with Gasteiger partial charge in [-0.1, -0.05) is 17.4 Å². The van der Waals surface area contributed by atoms with Crippen molar-refractivity contribution in [3.8, 4) is 11.5 Å². The van der Waals surface area contributed by atoms with Crippen LogP contribution in [0.3, 0.4) is 0 Å². The van der Waals surface area contributed by atoms with Gasteiger partial charge in [0.05, 0.1) is 28.3 Å². The van der Waals surface area contributed by atoms with Gasteiger partial charge in [0.1, 0.15) is 0 Å². The molecule has 0 aliphatic rings. The van der Waals surface area contributed by atoms with Crippen molar-refractivity contribution in [2.75, 3.05) is 13.2 Å². The molecule has 0 radical (unpaired) electrons. The zero-order chi connectivity index (χ0) is 22.6. The lowest BCUT2D eigenvalue weighted by Gasteiger charge is -2.11. The molecular weight excluding hydrogens is 438 g/mol. The van der Waals surface area contributed by atoms with Crippen LogP contribution in [0.4, 0.5) is 0 Å². The maximum absolute atomic E-state index is 12.9. The molecule has 0 saturated heterocycles. The summed E-state index contributed by atoms with van der Waals surface area (Å²) >= 11 is 1.19. The van der Waals surface area contributed by atoms with Gasteiger partial charge in [0.2, 0.25) is 10.0 Å². The fraction of sp³-hybridized carbons (Fsp3) is 0.238. The molecule has 31 heavy (non-hydrogen) atoms. The van der Waals surface area contributed by atoms with E-state index in [2.05, 4.69) is 11.6 Å². The number of allylic oxidation sites excluding steroid dienone is 1. The first-order chi connectivity index (χ1) is 14.8. The normalized spacial score (nSPS) is 12.2. The lowest BCUT2D eigenvalue weighted by atomic mass is 10.2. The second-order valence-corrected chi connectivity index (χ2v) is 8.97. The number of hydrogen-bond acceptors (Lipinski definition) is 6. The average molecular weight is 462 g/mol. The number of fused-ring (bicyclic) bond motifs is 1. The smallest absolute Gasteiger partial charge is 0.279 e. The number of amides is 1. The van der Waals surface area contributed by atoms with Gasteiger partial charge in [-0.2, -0.15) is 4.99 Å². The Kier molecular flexibility index (Phi) is 6.94. The van der Waals surface area contributed by atoms with E-state index in [1.165, 1.54) is 23.5 Å². The monoisotopic (exact) mass is 461 g/mol. The van der Waals surface area contributed by atoms with Gasteiger partial charge >= 0.3 is 0 Å². The zero-order valence-corrected chi connectivity index (χ0v) is 18.8. The van der Waals surface area contributed by atoms with Crippen LogP contribution in [-0.4, -0.2) is 32.1 Å². The third kappa shape index (κ3) is 5.04. The van der Waals surface area contributed by atoms with Gasteiger partial charge in [-0.05, 0) is 50.2 Å². The van der Waals surface area contributed by atoms with Gasteiger partial charge in [0.25, 0.3) is 5.91 Å². The molecule has 2 N–H and O–H groups in total. The van der Waals surface area contributed by atoms with Crippen LogP contribution < -0.4 is 19.4 Å². The number of carbonyl (C=O) groups excluding carboxylic acids is 1. The SMILES string of the molecule is C=CCn1c(=NC(=O)c2ccc(OCC)c(OCC)c2)sc2cc(S(N)(=O)=O)ccc21. The Morgan fingerprint density at radius 2 is 1.87 bits per heavy atom. The molecule has 0 fully saturated rings. The van der Waals surface area contributed by atoms with E-state index in [-0.39, 0.29) is 4.90 Å². The molecule has 1 heterocycles. The molecule has 0 aliphatic carbocycles. The number of thiazole rings is 1. The molecule has 0 aliphatic heterocycles. The predicted octanol–water partition coefficient (Wildman–Crippen LogP) is 3.07. The summed E-state index contributed by atoms with van der Waals surface area (Å²) in [5.74, 6) is 0.568. The number of ether oxygens (including phenoxy) is 2. The molecular formula is C21H23N3O5S2. The number of hydrogen-bond donors (Lipinski definition) is 1. The quantitative estimate of drug-likeness (QED) is 0.518. The Morgan fingerprint density at radius 3 is 2.52 bits per heavy atom. The van der Waals surface area contributed by atoms with E-state index in [1.54, 1.807) is 34.9 Å². The molecule has 0 unspecified atom stereocenters. The molecule has 0 bridgehead atoms. The van der Waals surface area contributed by atoms with E-state index < -0.39 is 15.9 Å². The van der Waals surface area contributed by atoms with Gasteiger partial charge in [0, 0.05) is 12.1 Å². The molecule has 3 aromatic rings. The highest BCUT2D eigenvalue weighted by molar-refractivity contribution is 7.89. The number of rotatable bonds is 8. The Hall–Kier alpha value is -2.95. The van der Waals surface area contributed by atoms with Gasteiger partial charge < -0.3 is 14.0 Å². The van der Waals surface area contributed by atoms with E-state index in [1.807, 2.05) is 13.8 Å². The van der Waals surface area contributed by atoms with Gasteiger partial charge in [0.15, 0.2) is 16.3 Å². The van der Waals surface area contributed by atoms with E-state index in [9.17, 15) is 13.2 Å². The molecule has 164 valence electrons. The van der Waals surface area contributed by atoms with Gasteiger partial charge in [-0.3, -0.25) is 4.79 Å². The number of sulfonamides is 1. The Balaban J connectivity index is 2.10. The minimum absolute atomic E-state index is 0.00208. The largest absolute Gasteiger partial charge is 0.490 e. The lowest BCUT2D eigenvalue weighted by Crippen LogP contribution is -2.16. The Morgan fingerprint density at radius 1 is 1.16 bits per heavy atom. The standard InChI is InChI=1S/C21H23N3O5S2/c1-4-11-24-16-9-8-15(31(22,26)27)13-19(16)30-21(24)23-20(25)14-7-10-17(28-5-2)18(12-14)29-6-3/h4,7-10,12-13H,1,5-6,11H2,2-3H3,(H2,22,26,27). The molecule has 1 aromatic heterocycles. The molecule has 8 nitrogen and oxygen atoms in total. The van der Waals surface area contributed by atoms with Crippen LogP contribution >= 0.6 is 11.3 Å². The highest BCUT2D eigenvalue weighted by Gasteiger charge is 2.15. The fourth-order valence-electron chi connectivity index (χ4n) is 2.96. The summed E-state index contributed by atoms with van der Waals surface area (Å²) in [4.78, 5) is 17.6. The van der Waals surface area contributed by atoms with Crippen LogP contribution in [0.25, 0.3) is 10.2 Å². The van der Waals surface area contributed by atoms with Crippen molar-refractivity contribution >= 4 is 37.5 Å². The van der Waals surface area contributed by atoms with Crippen molar-refractivity contribution in [1.82, 2.24) is 4.57 Å². The lowest BCUT2D eigenvalue weighted by molar-refractivity contribution is 0.0997. The number of nitrogens with two attached hydrogens (primary N) is 1. The van der Waals surface area contributed by atoms with Crippen LogP contribution in [0.1, 0.15) is 24.2 Å². The Bertz CT molecular complexity index is 1310. The summed E-state index contributed by atoms with van der Waals surface area (Å²) in [6.07, 6.45) is 1.67. The van der Waals surface area contributed by atoms with Crippen LogP contribution in [-0.2, 0) is 16.6 Å². The van der Waals surface area contributed by atoms with Crippen LogP contribution in [0.2, 0.25) is 0 Å². The van der Waals surface area contributed by atoms with Crippen molar-refractivity contribution in [3.63, 3.8) is 0 Å². The number of aromatic nitrogens is 1. The predicted molar refractivity (Wildman–Crippen MR) is 120 cm³/mol. The first-order valence-electron chi connectivity index (χ1n) is 9.54. The summed E-state index contributed by atoms with van der Waals surface area (Å²) in [7, 11) is -3.84. The van der Waals surface area contributed by atoms with Gasteiger partial charge in [-0.15, -0.1) is 6.58 Å². The highest BCUT2D eigenvalue weighted by atomic mass is 32.2.